The minimum atomic E-state index is 0.425. The van der Waals surface area contributed by atoms with Crippen LogP contribution in [0.4, 0.5) is 5.69 Å². The van der Waals surface area contributed by atoms with Crippen LogP contribution in [0.1, 0.15) is 25.2 Å². The quantitative estimate of drug-likeness (QED) is 0.889. The van der Waals surface area contributed by atoms with Gasteiger partial charge >= 0.3 is 0 Å². The first-order valence-corrected chi connectivity index (χ1v) is 7.55. The van der Waals surface area contributed by atoms with Crippen molar-refractivity contribution in [1.82, 2.24) is 14.9 Å². The molecule has 0 saturated heterocycles. The topological polar surface area (TPSA) is 33.1 Å². The third kappa shape index (κ3) is 3.99. The number of nitrogens with one attached hydrogen (secondary N) is 1. The van der Waals surface area contributed by atoms with Crippen LogP contribution in [0.3, 0.4) is 0 Å². The highest BCUT2D eigenvalue weighted by Crippen LogP contribution is 2.27. The van der Waals surface area contributed by atoms with Crippen molar-refractivity contribution in [2.75, 3.05) is 11.9 Å². The molecule has 1 heterocycles. The zero-order chi connectivity index (χ0) is 15.4. The molecule has 0 amide bonds. The van der Waals surface area contributed by atoms with Gasteiger partial charge < -0.3 is 14.8 Å². The van der Waals surface area contributed by atoms with E-state index >= 15 is 0 Å². The van der Waals surface area contributed by atoms with Crippen molar-refractivity contribution >= 4 is 17.3 Å². The van der Waals surface area contributed by atoms with Gasteiger partial charge in [-0.3, -0.25) is 0 Å². The van der Waals surface area contributed by atoms with Crippen LogP contribution in [0.25, 0.3) is 0 Å². The molecule has 1 aromatic heterocycles. The molecule has 0 saturated carbocycles. The summed E-state index contributed by atoms with van der Waals surface area (Å²) in [7, 11) is 4.08. The maximum Gasteiger partial charge on any atom is 0.127 e. The summed E-state index contributed by atoms with van der Waals surface area (Å²) in [6, 6.07) is 6.46. The summed E-state index contributed by atoms with van der Waals surface area (Å²) in [5.74, 6) is 1.03. The van der Waals surface area contributed by atoms with Gasteiger partial charge in [0.05, 0.1) is 6.54 Å². The number of anilines is 1. The van der Waals surface area contributed by atoms with E-state index in [0.717, 1.165) is 35.2 Å². The van der Waals surface area contributed by atoms with E-state index in [9.17, 15) is 0 Å². The SMILES string of the molecule is CC(C)NCc1c(Cl)cccc1N(C)Cc1nccn1C. The van der Waals surface area contributed by atoms with Gasteiger partial charge in [0.1, 0.15) is 5.82 Å². The Kier molecular flexibility index (Phi) is 5.26. The predicted molar refractivity (Wildman–Crippen MR) is 88.7 cm³/mol. The van der Waals surface area contributed by atoms with Gasteiger partial charge in [0.15, 0.2) is 0 Å². The predicted octanol–water partition coefficient (Wildman–Crippen LogP) is 3.21. The lowest BCUT2D eigenvalue weighted by Crippen LogP contribution is -2.25. The zero-order valence-electron chi connectivity index (χ0n) is 13.1. The van der Waals surface area contributed by atoms with E-state index in [1.165, 1.54) is 0 Å². The van der Waals surface area contributed by atoms with Crippen molar-refractivity contribution < 1.29 is 0 Å². The highest BCUT2D eigenvalue weighted by molar-refractivity contribution is 6.31. The first-order chi connectivity index (χ1) is 9.99. The normalized spacial score (nSPS) is 11.1. The molecular weight excluding hydrogens is 284 g/mol. The van der Waals surface area contributed by atoms with Crippen LogP contribution in [-0.2, 0) is 20.1 Å². The summed E-state index contributed by atoms with van der Waals surface area (Å²) in [4.78, 5) is 6.57. The van der Waals surface area contributed by atoms with Gasteiger partial charge in [-0.25, -0.2) is 4.98 Å². The first-order valence-electron chi connectivity index (χ1n) is 7.17. The molecule has 21 heavy (non-hydrogen) atoms. The van der Waals surface area contributed by atoms with Crippen LogP contribution < -0.4 is 10.2 Å². The third-order valence-corrected chi connectivity index (χ3v) is 3.85. The molecule has 114 valence electrons. The molecule has 2 rings (SSSR count). The van der Waals surface area contributed by atoms with E-state index in [1.54, 1.807) is 0 Å². The Labute approximate surface area is 131 Å². The zero-order valence-corrected chi connectivity index (χ0v) is 13.9. The van der Waals surface area contributed by atoms with E-state index in [0.29, 0.717) is 6.04 Å². The summed E-state index contributed by atoms with van der Waals surface area (Å²) in [5, 5.41) is 4.23. The van der Waals surface area contributed by atoms with Gasteiger partial charge in [-0.15, -0.1) is 0 Å². The monoisotopic (exact) mass is 306 g/mol. The van der Waals surface area contributed by atoms with E-state index in [4.69, 9.17) is 11.6 Å². The second-order valence-electron chi connectivity index (χ2n) is 5.58. The lowest BCUT2D eigenvalue weighted by atomic mass is 10.1. The van der Waals surface area contributed by atoms with Gasteiger partial charge in [0.25, 0.3) is 0 Å². The van der Waals surface area contributed by atoms with Gasteiger partial charge in [-0.1, -0.05) is 31.5 Å². The number of aryl methyl sites for hydroxylation is 1. The molecule has 5 heteroatoms. The van der Waals surface area contributed by atoms with Crippen LogP contribution >= 0.6 is 11.6 Å². The van der Waals surface area contributed by atoms with Crippen molar-refractivity contribution in [2.24, 2.45) is 7.05 Å². The number of benzene rings is 1. The summed E-state index contributed by atoms with van der Waals surface area (Å²) in [5.41, 5.74) is 2.27. The second kappa shape index (κ2) is 6.96. The van der Waals surface area contributed by atoms with Crippen LogP contribution in [0.5, 0.6) is 0 Å². The third-order valence-electron chi connectivity index (χ3n) is 3.49. The Morgan fingerprint density at radius 3 is 2.76 bits per heavy atom. The molecule has 4 nitrogen and oxygen atoms in total. The average molecular weight is 307 g/mol. The van der Waals surface area contributed by atoms with E-state index in [1.807, 2.05) is 36.1 Å². The lowest BCUT2D eigenvalue weighted by molar-refractivity contribution is 0.588. The highest BCUT2D eigenvalue weighted by Gasteiger charge is 2.13. The van der Waals surface area contributed by atoms with Gasteiger partial charge in [-0.2, -0.15) is 0 Å². The van der Waals surface area contributed by atoms with Crippen LogP contribution in [-0.4, -0.2) is 22.6 Å². The number of aromatic nitrogens is 2. The maximum atomic E-state index is 6.38. The van der Waals surface area contributed by atoms with E-state index in [2.05, 4.69) is 42.2 Å². The summed E-state index contributed by atoms with van der Waals surface area (Å²) in [6.07, 6.45) is 3.78. The fourth-order valence-electron chi connectivity index (χ4n) is 2.23. The number of halogens is 1. The molecule has 0 radical (unpaired) electrons. The number of nitrogens with zero attached hydrogens (tertiary/aromatic N) is 3. The van der Waals surface area contributed by atoms with Crippen LogP contribution in [0.15, 0.2) is 30.6 Å². The van der Waals surface area contributed by atoms with Crippen molar-refractivity contribution in [1.29, 1.82) is 0 Å². The summed E-state index contributed by atoms with van der Waals surface area (Å²) >= 11 is 6.38. The smallest absolute Gasteiger partial charge is 0.127 e. The molecule has 0 bridgehead atoms. The molecular formula is C16H23ClN4. The Morgan fingerprint density at radius 2 is 2.14 bits per heavy atom. The minimum absolute atomic E-state index is 0.425. The second-order valence-corrected chi connectivity index (χ2v) is 5.99. The fraction of sp³-hybridized carbons (Fsp3) is 0.438. The van der Waals surface area contributed by atoms with Crippen molar-refractivity contribution in [3.05, 3.63) is 47.0 Å². The molecule has 2 aromatic rings. The van der Waals surface area contributed by atoms with E-state index in [-0.39, 0.29) is 0 Å². The standard InChI is InChI=1S/C16H23ClN4/c1-12(2)19-10-13-14(17)6-5-7-15(13)21(4)11-16-18-8-9-20(16)3/h5-9,12,19H,10-11H2,1-4H3. The number of imidazole rings is 1. The lowest BCUT2D eigenvalue weighted by Gasteiger charge is -2.23. The minimum Gasteiger partial charge on any atom is -0.367 e. The molecule has 0 spiro atoms. The Hall–Kier alpha value is -1.52. The van der Waals surface area contributed by atoms with Crippen molar-refractivity contribution in [2.45, 2.75) is 33.0 Å². The summed E-state index contributed by atoms with van der Waals surface area (Å²) < 4.78 is 2.03. The highest BCUT2D eigenvalue weighted by atomic mass is 35.5. The molecule has 0 atom stereocenters. The van der Waals surface area contributed by atoms with Crippen LogP contribution in [0.2, 0.25) is 5.02 Å². The Morgan fingerprint density at radius 1 is 1.38 bits per heavy atom. The number of hydrogen-bond acceptors (Lipinski definition) is 3. The van der Waals surface area contributed by atoms with Crippen molar-refractivity contribution in [3.63, 3.8) is 0 Å². The summed E-state index contributed by atoms with van der Waals surface area (Å²) in [6.45, 7) is 5.78. The van der Waals surface area contributed by atoms with E-state index < -0.39 is 0 Å². The number of hydrogen-bond donors (Lipinski definition) is 1. The molecule has 0 aliphatic rings. The van der Waals surface area contributed by atoms with Crippen molar-refractivity contribution in [3.8, 4) is 0 Å². The Balaban J connectivity index is 2.21. The number of rotatable bonds is 6. The molecule has 0 aliphatic carbocycles. The fourth-order valence-corrected chi connectivity index (χ4v) is 2.47. The molecule has 1 aromatic carbocycles. The first kappa shape index (κ1) is 15.9. The average Bonchev–Trinajstić information content (AvgIpc) is 2.82. The molecule has 0 fully saturated rings. The van der Waals surface area contributed by atoms with Crippen LogP contribution in [0, 0.1) is 0 Å². The molecule has 1 N–H and O–H groups in total. The molecule has 0 aliphatic heterocycles. The van der Waals surface area contributed by atoms with Gasteiger partial charge in [0, 0.05) is 55.3 Å². The molecule has 0 unspecified atom stereocenters. The largest absolute Gasteiger partial charge is 0.367 e. The van der Waals surface area contributed by atoms with Gasteiger partial charge in [0.2, 0.25) is 0 Å². The Bertz CT molecular complexity index is 592. The van der Waals surface area contributed by atoms with Gasteiger partial charge in [-0.05, 0) is 12.1 Å². The maximum absolute atomic E-state index is 6.38.